The van der Waals surface area contributed by atoms with Gasteiger partial charge in [0.15, 0.2) is 0 Å². The molecule has 3 heteroatoms. The fraction of sp³-hybridized carbons (Fsp3) is 0.692. The lowest BCUT2D eigenvalue weighted by Crippen LogP contribution is -2.28. The van der Waals surface area contributed by atoms with Crippen molar-refractivity contribution in [3.05, 3.63) is 24.2 Å². The summed E-state index contributed by atoms with van der Waals surface area (Å²) in [4.78, 5) is 2.52. The van der Waals surface area contributed by atoms with E-state index < -0.39 is 0 Å². The Balaban J connectivity index is 1.72. The summed E-state index contributed by atoms with van der Waals surface area (Å²) in [6.07, 6.45) is 3.06. The van der Waals surface area contributed by atoms with Crippen LogP contribution in [-0.4, -0.2) is 31.1 Å². The molecule has 2 rings (SSSR count). The summed E-state index contributed by atoms with van der Waals surface area (Å²) in [7, 11) is 0. The summed E-state index contributed by atoms with van der Waals surface area (Å²) >= 11 is 0. The van der Waals surface area contributed by atoms with E-state index in [1.165, 1.54) is 26.1 Å². The van der Waals surface area contributed by atoms with E-state index in [2.05, 4.69) is 24.1 Å². The van der Waals surface area contributed by atoms with Gasteiger partial charge in [-0.15, -0.1) is 0 Å². The van der Waals surface area contributed by atoms with Crippen LogP contribution in [0.1, 0.15) is 32.1 Å². The molecule has 1 aliphatic rings. The van der Waals surface area contributed by atoms with Gasteiger partial charge in [0.2, 0.25) is 0 Å². The Morgan fingerprint density at radius 1 is 1.62 bits per heavy atom. The van der Waals surface area contributed by atoms with Gasteiger partial charge in [0, 0.05) is 6.54 Å². The maximum absolute atomic E-state index is 5.38. The zero-order chi connectivity index (χ0) is 11.4. The fourth-order valence-corrected chi connectivity index (χ4v) is 2.35. The van der Waals surface area contributed by atoms with Crippen molar-refractivity contribution in [2.75, 3.05) is 26.2 Å². The second-order valence-corrected chi connectivity index (χ2v) is 4.69. The van der Waals surface area contributed by atoms with Gasteiger partial charge < -0.3 is 14.6 Å². The third-order valence-corrected chi connectivity index (χ3v) is 3.50. The Kier molecular flexibility index (Phi) is 4.02. The van der Waals surface area contributed by atoms with Gasteiger partial charge in [0.25, 0.3) is 0 Å². The number of hydrogen-bond donors (Lipinski definition) is 1. The zero-order valence-electron chi connectivity index (χ0n) is 10.3. The van der Waals surface area contributed by atoms with Crippen LogP contribution >= 0.6 is 0 Å². The number of rotatable bonds is 5. The zero-order valence-corrected chi connectivity index (χ0v) is 10.3. The highest BCUT2D eigenvalue weighted by Gasteiger charge is 2.21. The maximum Gasteiger partial charge on any atom is 0.120 e. The normalized spacial score (nSPS) is 23.8. The van der Waals surface area contributed by atoms with E-state index in [9.17, 15) is 0 Å². The standard InChI is InChI=1S/C13H22N2O/c1-3-15-7-6-12(10-15)9-14-11(2)13-5-4-8-16-13/h4-5,8,11-12,14H,3,6-7,9-10H2,1-2H3. The van der Waals surface area contributed by atoms with Crippen molar-refractivity contribution in [3.8, 4) is 0 Å². The third kappa shape index (κ3) is 2.86. The number of hydrogen-bond acceptors (Lipinski definition) is 3. The molecule has 16 heavy (non-hydrogen) atoms. The van der Waals surface area contributed by atoms with E-state index in [4.69, 9.17) is 4.42 Å². The van der Waals surface area contributed by atoms with Gasteiger partial charge in [-0.2, -0.15) is 0 Å². The molecule has 0 aromatic carbocycles. The first-order valence-electron chi connectivity index (χ1n) is 6.28. The smallest absolute Gasteiger partial charge is 0.120 e. The second-order valence-electron chi connectivity index (χ2n) is 4.69. The number of likely N-dealkylation sites (tertiary alicyclic amines) is 1. The van der Waals surface area contributed by atoms with Gasteiger partial charge in [-0.25, -0.2) is 0 Å². The van der Waals surface area contributed by atoms with Gasteiger partial charge in [-0.05, 0) is 51.0 Å². The molecule has 0 spiro atoms. The van der Waals surface area contributed by atoms with Crippen LogP contribution in [0.5, 0.6) is 0 Å². The molecule has 90 valence electrons. The Morgan fingerprint density at radius 2 is 2.50 bits per heavy atom. The average Bonchev–Trinajstić information content (AvgIpc) is 2.96. The summed E-state index contributed by atoms with van der Waals surface area (Å²) in [6.45, 7) is 9.18. The summed E-state index contributed by atoms with van der Waals surface area (Å²) in [5, 5.41) is 3.55. The molecule has 0 aliphatic carbocycles. The van der Waals surface area contributed by atoms with E-state index in [-0.39, 0.29) is 0 Å². The van der Waals surface area contributed by atoms with Crippen molar-refractivity contribution in [2.24, 2.45) is 5.92 Å². The van der Waals surface area contributed by atoms with E-state index in [1.54, 1.807) is 6.26 Å². The monoisotopic (exact) mass is 222 g/mol. The highest BCUT2D eigenvalue weighted by atomic mass is 16.3. The van der Waals surface area contributed by atoms with Crippen LogP contribution in [-0.2, 0) is 0 Å². The fourth-order valence-electron chi connectivity index (χ4n) is 2.35. The molecule has 1 aromatic rings. The Bertz CT molecular complexity index is 297. The van der Waals surface area contributed by atoms with Crippen molar-refractivity contribution < 1.29 is 4.42 Å². The van der Waals surface area contributed by atoms with Gasteiger partial charge in [-0.1, -0.05) is 6.92 Å². The highest BCUT2D eigenvalue weighted by molar-refractivity contribution is 5.02. The minimum absolute atomic E-state index is 0.325. The molecular formula is C13H22N2O. The van der Waals surface area contributed by atoms with E-state index in [0.717, 1.165) is 18.2 Å². The molecule has 2 heterocycles. The SMILES string of the molecule is CCN1CCC(CNC(C)c2ccco2)C1. The molecular weight excluding hydrogens is 200 g/mol. The van der Waals surface area contributed by atoms with Crippen LogP contribution < -0.4 is 5.32 Å². The molecule has 1 aromatic heterocycles. The van der Waals surface area contributed by atoms with Crippen LogP contribution in [0.2, 0.25) is 0 Å². The molecule has 3 nitrogen and oxygen atoms in total. The van der Waals surface area contributed by atoms with E-state index in [0.29, 0.717) is 6.04 Å². The van der Waals surface area contributed by atoms with Crippen molar-refractivity contribution in [1.82, 2.24) is 10.2 Å². The number of nitrogens with zero attached hydrogens (tertiary/aromatic N) is 1. The Hall–Kier alpha value is -0.800. The molecule has 2 atom stereocenters. The molecule has 0 bridgehead atoms. The molecule has 1 N–H and O–H groups in total. The second kappa shape index (κ2) is 5.51. The molecule has 1 saturated heterocycles. The lowest BCUT2D eigenvalue weighted by atomic mass is 10.1. The molecule has 2 unspecified atom stereocenters. The van der Waals surface area contributed by atoms with Gasteiger partial charge >= 0.3 is 0 Å². The van der Waals surface area contributed by atoms with Crippen molar-refractivity contribution in [3.63, 3.8) is 0 Å². The van der Waals surface area contributed by atoms with Crippen LogP contribution in [0, 0.1) is 5.92 Å². The quantitative estimate of drug-likeness (QED) is 0.828. The van der Waals surface area contributed by atoms with Gasteiger partial charge in [-0.3, -0.25) is 0 Å². The van der Waals surface area contributed by atoms with Crippen LogP contribution in [0.3, 0.4) is 0 Å². The van der Waals surface area contributed by atoms with Crippen molar-refractivity contribution in [2.45, 2.75) is 26.3 Å². The topological polar surface area (TPSA) is 28.4 Å². The van der Waals surface area contributed by atoms with E-state index >= 15 is 0 Å². The molecule has 1 aliphatic heterocycles. The first kappa shape index (κ1) is 11.7. The minimum Gasteiger partial charge on any atom is -0.468 e. The van der Waals surface area contributed by atoms with Gasteiger partial charge in [0.1, 0.15) is 5.76 Å². The summed E-state index contributed by atoms with van der Waals surface area (Å²) in [6, 6.07) is 4.30. The maximum atomic E-state index is 5.38. The summed E-state index contributed by atoms with van der Waals surface area (Å²) in [5.74, 6) is 1.84. The molecule has 1 fully saturated rings. The summed E-state index contributed by atoms with van der Waals surface area (Å²) < 4.78 is 5.38. The Labute approximate surface area is 97.8 Å². The third-order valence-electron chi connectivity index (χ3n) is 3.50. The van der Waals surface area contributed by atoms with Crippen molar-refractivity contribution in [1.29, 1.82) is 0 Å². The van der Waals surface area contributed by atoms with Crippen LogP contribution in [0.15, 0.2) is 22.8 Å². The van der Waals surface area contributed by atoms with E-state index in [1.807, 2.05) is 12.1 Å². The molecule has 0 radical (unpaired) electrons. The first-order chi connectivity index (χ1) is 7.79. The largest absolute Gasteiger partial charge is 0.468 e. The molecule has 0 amide bonds. The Morgan fingerprint density at radius 3 is 3.12 bits per heavy atom. The minimum atomic E-state index is 0.325. The lowest BCUT2D eigenvalue weighted by molar-refractivity contribution is 0.332. The first-order valence-corrected chi connectivity index (χ1v) is 6.28. The van der Waals surface area contributed by atoms with Crippen molar-refractivity contribution >= 4 is 0 Å². The molecule has 0 saturated carbocycles. The average molecular weight is 222 g/mol. The summed E-state index contributed by atoms with van der Waals surface area (Å²) in [5.41, 5.74) is 0. The predicted molar refractivity (Wildman–Crippen MR) is 65.3 cm³/mol. The highest BCUT2D eigenvalue weighted by Crippen LogP contribution is 2.17. The van der Waals surface area contributed by atoms with Gasteiger partial charge in [0.05, 0.1) is 12.3 Å². The van der Waals surface area contributed by atoms with Crippen LogP contribution in [0.4, 0.5) is 0 Å². The van der Waals surface area contributed by atoms with Crippen LogP contribution in [0.25, 0.3) is 0 Å². The number of nitrogens with one attached hydrogen (secondary N) is 1. The lowest BCUT2D eigenvalue weighted by Gasteiger charge is -2.16. The number of furan rings is 1. The predicted octanol–water partition coefficient (Wildman–Crippen LogP) is 2.27.